The number of nitrogens with one attached hydrogen (secondary N) is 2. The molecule has 0 unspecified atom stereocenters. The highest BCUT2D eigenvalue weighted by molar-refractivity contribution is 7.14. The van der Waals surface area contributed by atoms with Crippen LogP contribution in [-0.2, 0) is 5.41 Å². The monoisotopic (exact) mass is 268 g/mol. The number of aryl methyl sites for hydroxylation is 1. The largest absolute Gasteiger partial charge is 0.340 e. The van der Waals surface area contributed by atoms with Crippen molar-refractivity contribution in [1.29, 1.82) is 0 Å². The molecule has 1 heterocycles. The first kappa shape index (κ1) is 14.6. The molecule has 1 aromatic heterocycles. The van der Waals surface area contributed by atoms with Crippen LogP contribution < -0.4 is 10.7 Å². The van der Waals surface area contributed by atoms with E-state index in [0.29, 0.717) is 0 Å². The minimum atomic E-state index is -0.326. The highest BCUT2D eigenvalue weighted by atomic mass is 32.1. The van der Waals surface area contributed by atoms with E-state index in [1.54, 1.807) is 18.4 Å². The zero-order chi connectivity index (χ0) is 13.9. The fourth-order valence-electron chi connectivity index (χ4n) is 1.29. The van der Waals surface area contributed by atoms with Crippen molar-refractivity contribution in [2.75, 3.05) is 7.05 Å². The zero-order valence-electron chi connectivity index (χ0n) is 11.7. The fraction of sp³-hybridized carbons (Fsp3) is 0.583. The molecule has 1 aromatic rings. The molecule has 0 aliphatic rings. The van der Waals surface area contributed by atoms with E-state index in [2.05, 4.69) is 41.6 Å². The molecule has 0 atom stereocenters. The Labute approximate surface area is 112 Å². The Balaban J connectivity index is 2.96. The average Bonchev–Trinajstić information content (AvgIpc) is 2.67. The van der Waals surface area contributed by atoms with Gasteiger partial charge in [0.1, 0.15) is 0 Å². The van der Waals surface area contributed by atoms with Gasteiger partial charge in [0.15, 0.2) is 0 Å². The van der Waals surface area contributed by atoms with E-state index in [0.717, 1.165) is 21.3 Å². The second-order valence-corrected chi connectivity index (χ2v) is 6.07. The number of thiazole rings is 1. The van der Waals surface area contributed by atoms with Gasteiger partial charge in [0.25, 0.3) is 0 Å². The normalized spacial score (nSPS) is 12.4. The Hall–Kier alpha value is -1.43. The number of rotatable bonds is 2. The maximum Gasteiger partial charge on any atom is 0.334 e. The van der Waals surface area contributed by atoms with Gasteiger partial charge in [-0.15, -0.1) is 11.3 Å². The summed E-state index contributed by atoms with van der Waals surface area (Å²) in [5.41, 5.74) is 4.17. The lowest BCUT2D eigenvalue weighted by Gasteiger charge is -2.13. The van der Waals surface area contributed by atoms with Crippen LogP contribution in [0.15, 0.2) is 5.10 Å². The highest BCUT2D eigenvalue weighted by Gasteiger charge is 2.21. The molecule has 0 aliphatic carbocycles. The standard InChI is InChI=1S/C12H20N4OS/c1-7-9(8(2)15-16-11(17)13-6)18-10(14-7)12(3,4)5/h1-6H3,(H2,13,16,17)/b15-8+. The number of hydrogen-bond donors (Lipinski definition) is 2. The van der Waals surface area contributed by atoms with Crippen LogP contribution in [0.1, 0.15) is 43.3 Å². The summed E-state index contributed by atoms with van der Waals surface area (Å²) in [6.07, 6.45) is 0. The first-order chi connectivity index (χ1) is 8.25. The molecular weight excluding hydrogens is 248 g/mol. The number of aromatic nitrogens is 1. The summed E-state index contributed by atoms with van der Waals surface area (Å²) in [4.78, 5) is 16.6. The Morgan fingerprint density at radius 1 is 1.39 bits per heavy atom. The number of nitrogens with zero attached hydrogens (tertiary/aromatic N) is 2. The van der Waals surface area contributed by atoms with Crippen LogP contribution in [0.2, 0.25) is 0 Å². The van der Waals surface area contributed by atoms with Crippen molar-refractivity contribution in [3.8, 4) is 0 Å². The molecule has 0 radical (unpaired) electrons. The highest BCUT2D eigenvalue weighted by Crippen LogP contribution is 2.29. The lowest BCUT2D eigenvalue weighted by molar-refractivity contribution is 0.243. The lowest BCUT2D eigenvalue weighted by Crippen LogP contribution is -2.29. The molecule has 2 amide bonds. The summed E-state index contributed by atoms with van der Waals surface area (Å²) in [6, 6.07) is -0.326. The molecule has 100 valence electrons. The van der Waals surface area contributed by atoms with Crippen molar-refractivity contribution >= 4 is 23.1 Å². The minimum Gasteiger partial charge on any atom is -0.340 e. The lowest BCUT2D eigenvalue weighted by atomic mass is 9.98. The summed E-state index contributed by atoms with van der Waals surface area (Å²) >= 11 is 1.62. The van der Waals surface area contributed by atoms with Crippen LogP contribution in [0.3, 0.4) is 0 Å². The smallest absolute Gasteiger partial charge is 0.334 e. The summed E-state index contributed by atoms with van der Waals surface area (Å²) < 4.78 is 0. The maximum absolute atomic E-state index is 11.1. The van der Waals surface area contributed by atoms with Gasteiger partial charge in [0, 0.05) is 12.5 Å². The maximum atomic E-state index is 11.1. The van der Waals surface area contributed by atoms with Crippen molar-refractivity contribution in [1.82, 2.24) is 15.7 Å². The molecule has 6 heteroatoms. The van der Waals surface area contributed by atoms with Crippen LogP contribution in [0, 0.1) is 6.92 Å². The predicted molar refractivity (Wildman–Crippen MR) is 75.4 cm³/mol. The third-order valence-corrected chi connectivity index (χ3v) is 4.01. The number of hydrogen-bond acceptors (Lipinski definition) is 4. The van der Waals surface area contributed by atoms with E-state index in [-0.39, 0.29) is 11.4 Å². The van der Waals surface area contributed by atoms with E-state index in [1.807, 2.05) is 13.8 Å². The van der Waals surface area contributed by atoms with E-state index >= 15 is 0 Å². The van der Waals surface area contributed by atoms with E-state index in [1.165, 1.54) is 0 Å². The van der Waals surface area contributed by atoms with Crippen molar-refractivity contribution in [3.05, 3.63) is 15.6 Å². The molecular formula is C12H20N4OS. The molecule has 0 saturated carbocycles. The number of carbonyl (C=O) groups excluding carboxylic acids is 1. The molecule has 2 N–H and O–H groups in total. The van der Waals surface area contributed by atoms with Crippen LogP contribution in [0.25, 0.3) is 0 Å². The Kier molecular flexibility index (Phi) is 4.45. The van der Waals surface area contributed by atoms with Crippen molar-refractivity contribution < 1.29 is 4.79 Å². The van der Waals surface area contributed by atoms with Gasteiger partial charge >= 0.3 is 6.03 Å². The molecule has 0 bridgehead atoms. The van der Waals surface area contributed by atoms with E-state index < -0.39 is 0 Å². The van der Waals surface area contributed by atoms with Gasteiger partial charge in [-0.05, 0) is 13.8 Å². The van der Waals surface area contributed by atoms with Gasteiger partial charge in [0.05, 0.1) is 21.3 Å². The fourth-order valence-corrected chi connectivity index (χ4v) is 2.36. The predicted octanol–water partition coefficient (Wildman–Crippen LogP) is 2.40. The SMILES string of the molecule is CNC(=O)N/N=C(\C)c1sc(C(C)(C)C)nc1C. The molecule has 0 saturated heterocycles. The van der Waals surface area contributed by atoms with Gasteiger partial charge in [-0.25, -0.2) is 15.2 Å². The van der Waals surface area contributed by atoms with Crippen LogP contribution in [-0.4, -0.2) is 23.8 Å². The van der Waals surface area contributed by atoms with Gasteiger partial charge in [0.2, 0.25) is 0 Å². The molecule has 18 heavy (non-hydrogen) atoms. The molecule has 0 aliphatic heterocycles. The van der Waals surface area contributed by atoms with Gasteiger partial charge in [-0.2, -0.15) is 5.10 Å². The van der Waals surface area contributed by atoms with Crippen LogP contribution in [0.4, 0.5) is 4.79 Å². The number of hydrazone groups is 1. The molecule has 5 nitrogen and oxygen atoms in total. The van der Waals surface area contributed by atoms with E-state index in [4.69, 9.17) is 0 Å². The summed E-state index contributed by atoms with van der Waals surface area (Å²) in [5.74, 6) is 0. The minimum absolute atomic E-state index is 0.0299. The van der Waals surface area contributed by atoms with Crippen LogP contribution >= 0.6 is 11.3 Å². The number of carbonyl (C=O) groups is 1. The van der Waals surface area contributed by atoms with Crippen molar-refractivity contribution in [3.63, 3.8) is 0 Å². The second-order valence-electron chi connectivity index (χ2n) is 5.07. The number of urea groups is 1. The Morgan fingerprint density at radius 3 is 2.44 bits per heavy atom. The molecule has 0 fully saturated rings. The molecule has 0 aromatic carbocycles. The first-order valence-electron chi connectivity index (χ1n) is 5.76. The Bertz CT molecular complexity index is 471. The summed E-state index contributed by atoms with van der Waals surface area (Å²) in [7, 11) is 1.55. The summed E-state index contributed by atoms with van der Waals surface area (Å²) in [6.45, 7) is 10.2. The quantitative estimate of drug-likeness (QED) is 0.639. The van der Waals surface area contributed by atoms with Crippen molar-refractivity contribution in [2.24, 2.45) is 5.10 Å². The summed E-state index contributed by atoms with van der Waals surface area (Å²) in [5, 5.41) is 7.57. The van der Waals surface area contributed by atoms with Gasteiger partial charge in [-0.3, -0.25) is 0 Å². The average molecular weight is 268 g/mol. The van der Waals surface area contributed by atoms with Crippen LogP contribution in [0.5, 0.6) is 0 Å². The third-order valence-electron chi connectivity index (χ3n) is 2.32. The van der Waals surface area contributed by atoms with Crippen molar-refractivity contribution in [2.45, 2.75) is 40.0 Å². The Morgan fingerprint density at radius 2 is 2.00 bits per heavy atom. The van der Waals surface area contributed by atoms with Gasteiger partial charge in [-0.1, -0.05) is 20.8 Å². The second kappa shape index (κ2) is 5.48. The first-order valence-corrected chi connectivity index (χ1v) is 6.57. The van der Waals surface area contributed by atoms with Gasteiger partial charge < -0.3 is 5.32 Å². The molecule has 0 spiro atoms. The topological polar surface area (TPSA) is 66.4 Å². The third kappa shape index (κ3) is 3.53. The zero-order valence-corrected chi connectivity index (χ0v) is 12.5. The van der Waals surface area contributed by atoms with E-state index in [9.17, 15) is 4.79 Å². The molecule has 1 rings (SSSR count). The number of amides is 2.